The fourth-order valence-electron chi connectivity index (χ4n) is 4.51. The van der Waals surface area contributed by atoms with E-state index >= 15 is 0 Å². The summed E-state index contributed by atoms with van der Waals surface area (Å²) in [6.07, 6.45) is 3.86. The van der Waals surface area contributed by atoms with E-state index in [9.17, 15) is 15.3 Å². The molecule has 5 N–H and O–H groups in total. The van der Waals surface area contributed by atoms with Gasteiger partial charge in [-0.05, 0) is 24.7 Å². The zero-order chi connectivity index (χ0) is 15.5. The Morgan fingerprint density at radius 3 is 2.73 bits per heavy atom. The van der Waals surface area contributed by atoms with Crippen molar-refractivity contribution in [2.45, 2.75) is 25.0 Å². The highest BCUT2D eigenvalue weighted by Crippen LogP contribution is 2.59. The zero-order valence-electron chi connectivity index (χ0n) is 12.0. The summed E-state index contributed by atoms with van der Waals surface area (Å²) < 4.78 is 1.86. The Hall–Kier alpha value is -1.77. The molecule has 2 aliphatic rings. The van der Waals surface area contributed by atoms with Gasteiger partial charge in [-0.15, -0.1) is 0 Å². The molecular formula is C14H19N5O3. The molecule has 4 rings (SSSR count). The van der Waals surface area contributed by atoms with Gasteiger partial charge in [-0.1, -0.05) is 0 Å². The molecule has 2 aliphatic carbocycles. The minimum atomic E-state index is -0.647. The van der Waals surface area contributed by atoms with Gasteiger partial charge in [-0.2, -0.15) is 0 Å². The number of aliphatic hydroxyl groups excluding tert-OH is 3. The highest BCUT2D eigenvalue weighted by molar-refractivity contribution is 5.81. The summed E-state index contributed by atoms with van der Waals surface area (Å²) in [4.78, 5) is 12.4. The molecule has 0 radical (unpaired) electrons. The first-order chi connectivity index (χ1) is 10.6. The average molecular weight is 305 g/mol. The van der Waals surface area contributed by atoms with Crippen LogP contribution in [0, 0.1) is 17.3 Å². The predicted molar refractivity (Wildman–Crippen MR) is 77.6 cm³/mol. The summed E-state index contributed by atoms with van der Waals surface area (Å²) in [5.74, 6) is 0.378. The van der Waals surface area contributed by atoms with E-state index in [1.807, 2.05) is 4.57 Å². The molecule has 2 saturated carbocycles. The number of fused-ring (bicyclic) bond motifs is 3. The molecule has 2 bridgehead atoms. The topological polar surface area (TPSA) is 130 Å². The number of nitrogen functional groups attached to an aromatic ring is 1. The Bertz CT molecular complexity index is 712. The maximum absolute atomic E-state index is 10.7. The maximum Gasteiger partial charge on any atom is 0.165 e. The first-order valence-corrected chi connectivity index (χ1v) is 7.44. The summed E-state index contributed by atoms with van der Waals surface area (Å²) in [5, 5.41) is 30.0. The van der Waals surface area contributed by atoms with Crippen molar-refractivity contribution in [3.8, 4) is 0 Å². The van der Waals surface area contributed by atoms with E-state index in [1.165, 1.54) is 6.33 Å². The molecular weight excluding hydrogens is 286 g/mol. The molecule has 0 unspecified atom stereocenters. The number of imidazole rings is 1. The lowest BCUT2D eigenvalue weighted by Gasteiger charge is -2.40. The van der Waals surface area contributed by atoms with Gasteiger partial charge in [0, 0.05) is 5.41 Å². The number of aromatic nitrogens is 4. The van der Waals surface area contributed by atoms with Crippen molar-refractivity contribution in [1.29, 1.82) is 0 Å². The third-order valence-electron chi connectivity index (χ3n) is 5.60. The average Bonchev–Trinajstić information content (AvgIpc) is 3.19. The van der Waals surface area contributed by atoms with Crippen LogP contribution in [0.15, 0.2) is 12.7 Å². The fraction of sp³-hybridized carbons (Fsp3) is 0.643. The largest absolute Gasteiger partial charge is 0.396 e. The van der Waals surface area contributed by atoms with Crippen molar-refractivity contribution in [3.63, 3.8) is 0 Å². The van der Waals surface area contributed by atoms with Crippen molar-refractivity contribution >= 4 is 17.0 Å². The van der Waals surface area contributed by atoms with E-state index < -0.39 is 11.5 Å². The van der Waals surface area contributed by atoms with Gasteiger partial charge in [-0.25, -0.2) is 15.0 Å². The van der Waals surface area contributed by atoms with Crippen LogP contribution in [-0.2, 0) is 0 Å². The molecule has 2 aromatic rings. The minimum Gasteiger partial charge on any atom is -0.396 e. The van der Waals surface area contributed by atoms with E-state index in [0.717, 1.165) is 6.42 Å². The SMILES string of the molecule is Nc1ncnc2c1ncn2[C@@H]1[C@@H]2C[C@H]([C@@H]1O)C(CO)(CO)C2. The number of nitrogens with zero attached hydrogens (tertiary/aromatic N) is 4. The lowest BCUT2D eigenvalue weighted by atomic mass is 9.71. The van der Waals surface area contributed by atoms with Crippen LogP contribution in [0.5, 0.6) is 0 Å². The normalized spacial score (nSPS) is 32.9. The van der Waals surface area contributed by atoms with Crippen molar-refractivity contribution in [2.24, 2.45) is 17.3 Å². The molecule has 22 heavy (non-hydrogen) atoms. The van der Waals surface area contributed by atoms with Gasteiger partial charge in [0.05, 0.1) is 31.7 Å². The molecule has 2 fully saturated rings. The Labute approximate surface area is 126 Å². The summed E-state index contributed by atoms with van der Waals surface area (Å²) in [6.45, 7) is -0.206. The van der Waals surface area contributed by atoms with Gasteiger partial charge in [-0.3, -0.25) is 0 Å². The molecule has 118 valence electrons. The van der Waals surface area contributed by atoms with Crippen molar-refractivity contribution in [2.75, 3.05) is 18.9 Å². The molecule has 8 heteroatoms. The first-order valence-electron chi connectivity index (χ1n) is 7.44. The van der Waals surface area contributed by atoms with E-state index in [1.54, 1.807) is 6.33 Å². The van der Waals surface area contributed by atoms with Gasteiger partial charge < -0.3 is 25.6 Å². The smallest absolute Gasteiger partial charge is 0.165 e. The van der Waals surface area contributed by atoms with Gasteiger partial charge in [0.25, 0.3) is 0 Å². The monoisotopic (exact) mass is 305 g/mol. The quantitative estimate of drug-likeness (QED) is 0.591. The summed E-state index contributed by atoms with van der Waals surface area (Å²) in [5.41, 5.74) is 6.38. The summed E-state index contributed by atoms with van der Waals surface area (Å²) in [6, 6.07) is -0.157. The van der Waals surface area contributed by atoms with Crippen LogP contribution >= 0.6 is 0 Å². The van der Waals surface area contributed by atoms with Crippen molar-refractivity contribution < 1.29 is 15.3 Å². The van der Waals surface area contributed by atoms with Gasteiger partial charge in [0.1, 0.15) is 11.8 Å². The zero-order valence-corrected chi connectivity index (χ0v) is 12.0. The van der Waals surface area contributed by atoms with Crippen LogP contribution in [0.2, 0.25) is 0 Å². The molecule has 4 atom stereocenters. The van der Waals surface area contributed by atoms with E-state index in [-0.39, 0.29) is 31.1 Å². The Balaban J connectivity index is 1.75. The number of hydrogen-bond acceptors (Lipinski definition) is 7. The van der Waals surface area contributed by atoms with Crippen LogP contribution in [0.1, 0.15) is 18.9 Å². The molecule has 0 amide bonds. The lowest BCUT2D eigenvalue weighted by Crippen LogP contribution is -2.45. The molecule has 0 aliphatic heterocycles. The molecule has 0 saturated heterocycles. The second-order valence-electron chi connectivity index (χ2n) is 6.55. The molecule has 8 nitrogen and oxygen atoms in total. The van der Waals surface area contributed by atoms with Gasteiger partial charge in [0.15, 0.2) is 11.5 Å². The minimum absolute atomic E-state index is 0.103. The molecule has 2 heterocycles. The second-order valence-corrected chi connectivity index (χ2v) is 6.55. The Morgan fingerprint density at radius 1 is 1.27 bits per heavy atom. The van der Waals surface area contributed by atoms with Crippen LogP contribution in [-0.4, -0.2) is 54.2 Å². The lowest BCUT2D eigenvalue weighted by molar-refractivity contribution is -0.0645. The van der Waals surface area contributed by atoms with Crippen LogP contribution in [0.3, 0.4) is 0 Å². The number of aliphatic hydroxyl groups is 3. The highest BCUT2D eigenvalue weighted by Gasteiger charge is 2.60. The number of hydrogen-bond donors (Lipinski definition) is 4. The van der Waals surface area contributed by atoms with Crippen molar-refractivity contribution in [3.05, 3.63) is 12.7 Å². The van der Waals surface area contributed by atoms with Crippen LogP contribution < -0.4 is 5.73 Å². The number of anilines is 1. The van der Waals surface area contributed by atoms with E-state index in [0.29, 0.717) is 23.4 Å². The van der Waals surface area contributed by atoms with Crippen LogP contribution in [0.25, 0.3) is 11.2 Å². The fourth-order valence-corrected chi connectivity index (χ4v) is 4.51. The predicted octanol–water partition coefficient (Wildman–Crippen LogP) is -0.679. The van der Waals surface area contributed by atoms with E-state index in [2.05, 4.69) is 15.0 Å². The maximum atomic E-state index is 10.7. The third-order valence-corrected chi connectivity index (χ3v) is 5.60. The third kappa shape index (κ3) is 1.60. The number of nitrogens with two attached hydrogens (primary N) is 1. The number of rotatable bonds is 3. The van der Waals surface area contributed by atoms with E-state index in [4.69, 9.17) is 5.73 Å². The van der Waals surface area contributed by atoms with Crippen LogP contribution in [0.4, 0.5) is 5.82 Å². The molecule has 0 aromatic carbocycles. The Kier molecular flexibility index (Phi) is 2.91. The van der Waals surface area contributed by atoms with Crippen molar-refractivity contribution in [1.82, 2.24) is 19.5 Å². The summed E-state index contributed by atoms with van der Waals surface area (Å²) in [7, 11) is 0. The second kappa shape index (κ2) is 4.61. The summed E-state index contributed by atoms with van der Waals surface area (Å²) >= 11 is 0. The molecule has 2 aromatic heterocycles. The van der Waals surface area contributed by atoms with Gasteiger partial charge >= 0.3 is 0 Å². The Morgan fingerprint density at radius 2 is 2.05 bits per heavy atom. The standard InChI is InChI=1S/C14H19N5O3/c15-12-9-13(17-5-16-12)19(6-18-9)10-7-1-8(11(10)22)14(2-7,3-20)4-21/h5-8,10-11,20-22H,1-4H2,(H2,15,16,17)/t7-,8-,10-,11+/m1/s1. The van der Waals surface area contributed by atoms with Gasteiger partial charge in [0.2, 0.25) is 0 Å². The first kappa shape index (κ1) is 13.9. The highest BCUT2D eigenvalue weighted by atomic mass is 16.3. The molecule has 0 spiro atoms.